The Morgan fingerprint density at radius 3 is 2.43 bits per heavy atom. The minimum atomic E-state index is -1.41. The lowest BCUT2D eigenvalue weighted by molar-refractivity contribution is 0.0305. The van der Waals surface area contributed by atoms with Gasteiger partial charge in [0.1, 0.15) is 22.7 Å². The second-order valence-corrected chi connectivity index (χ2v) is 7.28. The molecular weight excluding hydrogens is 360 g/mol. The standard InChI is InChI=1S/C22H18O6/c1-4-22(3,27)15-9-14(24)16-10(2)8-12-18(21(16)28-15)20(26)17-11(19(12)25)6-5-7-13(17)23/h5-9,23,27H,4H2,1-3H3/t22-/m1/s1. The summed E-state index contributed by atoms with van der Waals surface area (Å²) in [6.07, 6.45) is 0.284. The molecule has 6 nitrogen and oxygen atoms in total. The van der Waals surface area contributed by atoms with Crippen molar-refractivity contribution in [2.45, 2.75) is 32.8 Å². The first-order chi connectivity index (χ1) is 13.2. The molecule has 1 aliphatic rings. The summed E-state index contributed by atoms with van der Waals surface area (Å²) in [7, 11) is 0. The van der Waals surface area contributed by atoms with Gasteiger partial charge in [-0.05, 0) is 38.0 Å². The minimum absolute atomic E-state index is 0.0172. The summed E-state index contributed by atoms with van der Waals surface area (Å²) in [6.45, 7) is 4.90. The highest BCUT2D eigenvalue weighted by Gasteiger charge is 2.36. The van der Waals surface area contributed by atoms with Crippen LogP contribution in [0.2, 0.25) is 0 Å². The molecule has 0 bridgehead atoms. The van der Waals surface area contributed by atoms with E-state index in [1.54, 1.807) is 13.8 Å². The summed E-state index contributed by atoms with van der Waals surface area (Å²) in [5.74, 6) is -1.32. The summed E-state index contributed by atoms with van der Waals surface area (Å²) in [5.41, 5.74) is -1.32. The summed E-state index contributed by atoms with van der Waals surface area (Å²) < 4.78 is 5.85. The molecule has 1 aliphatic carbocycles. The summed E-state index contributed by atoms with van der Waals surface area (Å²) in [5, 5.41) is 20.9. The van der Waals surface area contributed by atoms with Crippen LogP contribution >= 0.6 is 0 Å². The van der Waals surface area contributed by atoms with Gasteiger partial charge in [0.05, 0.1) is 16.5 Å². The number of aromatic hydroxyl groups is 1. The Labute approximate surface area is 160 Å². The van der Waals surface area contributed by atoms with Crippen molar-refractivity contribution < 1.29 is 24.2 Å². The number of aryl methyl sites for hydroxylation is 1. The molecule has 1 aromatic heterocycles. The third-order valence-corrected chi connectivity index (χ3v) is 5.40. The Morgan fingerprint density at radius 1 is 1.04 bits per heavy atom. The van der Waals surface area contributed by atoms with Gasteiger partial charge in [-0.15, -0.1) is 0 Å². The first-order valence-corrected chi connectivity index (χ1v) is 8.93. The topological polar surface area (TPSA) is 105 Å². The average molecular weight is 378 g/mol. The van der Waals surface area contributed by atoms with Crippen LogP contribution in [0, 0.1) is 6.92 Å². The van der Waals surface area contributed by atoms with Crippen LogP contribution in [-0.2, 0) is 5.60 Å². The SMILES string of the molecule is CC[C@@](C)(O)c1cc(=O)c2c(C)cc3c(c2o1)C(=O)c1c(O)cccc1C3=O. The predicted molar refractivity (Wildman–Crippen MR) is 102 cm³/mol. The Balaban J connectivity index is 2.16. The van der Waals surface area contributed by atoms with Crippen LogP contribution < -0.4 is 5.43 Å². The van der Waals surface area contributed by atoms with Gasteiger partial charge in [0.2, 0.25) is 5.78 Å². The van der Waals surface area contributed by atoms with Crippen molar-refractivity contribution in [3.8, 4) is 5.75 Å². The quantitative estimate of drug-likeness (QED) is 0.555. The zero-order chi connectivity index (χ0) is 20.4. The largest absolute Gasteiger partial charge is 0.507 e. The van der Waals surface area contributed by atoms with Gasteiger partial charge >= 0.3 is 0 Å². The van der Waals surface area contributed by atoms with Crippen molar-refractivity contribution in [1.29, 1.82) is 0 Å². The maximum Gasteiger partial charge on any atom is 0.202 e. The number of benzene rings is 2. The molecule has 2 aromatic carbocycles. The molecule has 142 valence electrons. The number of phenols is 1. The fraction of sp³-hybridized carbons (Fsp3) is 0.227. The van der Waals surface area contributed by atoms with E-state index in [0.717, 1.165) is 0 Å². The second kappa shape index (κ2) is 5.87. The molecule has 0 saturated carbocycles. The highest BCUT2D eigenvalue weighted by molar-refractivity contribution is 6.32. The number of hydrogen-bond acceptors (Lipinski definition) is 6. The van der Waals surface area contributed by atoms with Gasteiger partial charge in [-0.2, -0.15) is 0 Å². The molecule has 0 saturated heterocycles. The third kappa shape index (κ3) is 2.34. The molecular formula is C22H18O6. The Kier molecular flexibility index (Phi) is 3.80. The van der Waals surface area contributed by atoms with E-state index in [1.807, 2.05) is 0 Å². The third-order valence-electron chi connectivity index (χ3n) is 5.40. The van der Waals surface area contributed by atoms with E-state index in [2.05, 4.69) is 0 Å². The smallest absolute Gasteiger partial charge is 0.202 e. The maximum absolute atomic E-state index is 13.2. The van der Waals surface area contributed by atoms with Crippen molar-refractivity contribution in [2.75, 3.05) is 0 Å². The van der Waals surface area contributed by atoms with Gasteiger partial charge in [0.15, 0.2) is 11.2 Å². The molecule has 0 spiro atoms. The fourth-order valence-corrected chi connectivity index (χ4v) is 3.61. The maximum atomic E-state index is 13.2. The second-order valence-electron chi connectivity index (χ2n) is 7.28. The number of phenolic OH excluding ortho intramolecular Hbond substituents is 1. The molecule has 1 heterocycles. The Hall–Kier alpha value is -3.25. The van der Waals surface area contributed by atoms with E-state index >= 15 is 0 Å². The van der Waals surface area contributed by atoms with Gasteiger partial charge in [-0.25, -0.2) is 0 Å². The van der Waals surface area contributed by atoms with Crippen LogP contribution in [0.5, 0.6) is 5.75 Å². The summed E-state index contributed by atoms with van der Waals surface area (Å²) in [4.78, 5) is 38.9. The van der Waals surface area contributed by atoms with Gasteiger partial charge in [-0.1, -0.05) is 19.1 Å². The molecule has 6 heteroatoms. The van der Waals surface area contributed by atoms with Gasteiger partial charge in [0, 0.05) is 17.2 Å². The number of ketones is 2. The normalized spacial score (nSPS) is 15.3. The summed E-state index contributed by atoms with van der Waals surface area (Å²) in [6, 6.07) is 7.02. The number of aliphatic hydroxyl groups is 1. The number of hydrogen-bond donors (Lipinski definition) is 2. The van der Waals surface area contributed by atoms with E-state index < -0.39 is 22.6 Å². The summed E-state index contributed by atoms with van der Waals surface area (Å²) >= 11 is 0. The number of rotatable bonds is 2. The van der Waals surface area contributed by atoms with Crippen molar-refractivity contribution in [3.05, 3.63) is 74.1 Å². The highest BCUT2D eigenvalue weighted by Crippen LogP contribution is 2.37. The van der Waals surface area contributed by atoms with Crippen LogP contribution in [-0.4, -0.2) is 21.8 Å². The predicted octanol–water partition coefficient (Wildman–Crippen LogP) is 3.20. The molecule has 0 unspecified atom stereocenters. The number of fused-ring (bicyclic) bond motifs is 4. The number of carbonyl (C=O) groups excluding carboxylic acids is 2. The number of carbonyl (C=O) groups is 2. The van der Waals surface area contributed by atoms with Crippen LogP contribution in [0.15, 0.2) is 39.5 Å². The first kappa shape index (κ1) is 18.1. The van der Waals surface area contributed by atoms with Crippen LogP contribution in [0.4, 0.5) is 0 Å². The Morgan fingerprint density at radius 2 is 1.75 bits per heavy atom. The van der Waals surface area contributed by atoms with Crippen LogP contribution in [0.3, 0.4) is 0 Å². The van der Waals surface area contributed by atoms with Gasteiger partial charge in [-0.3, -0.25) is 14.4 Å². The molecule has 0 radical (unpaired) electrons. The van der Waals surface area contributed by atoms with Crippen molar-refractivity contribution >= 4 is 22.5 Å². The van der Waals surface area contributed by atoms with Crippen molar-refractivity contribution in [1.82, 2.24) is 0 Å². The van der Waals surface area contributed by atoms with Crippen LogP contribution in [0.25, 0.3) is 11.0 Å². The molecule has 28 heavy (non-hydrogen) atoms. The van der Waals surface area contributed by atoms with E-state index in [9.17, 15) is 24.6 Å². The van der Waals surface area contributed by atoms with Crippen molar-refractivity contribution in [2.24, 2.45) is 0 Å². The molecule has 4 rings (SSSR count). The molecule has 1 atom stereocenters. The molecule has 0 aliphatic heterocycles. The minimum Gasteiger partial charge on any atom is -0.507 e. The molecule has 0 fully saturated rings. The Bertz CT molecular complexity index is 1250. The van der Waals surface area contributed by atoms with Crippen LogP contribution in [0.1, 0.15) is 63.4 Å². The zero-order valence-corrected chi connectivity index (χ0v) is 15.6. The fourth-order valence-electron chi connectivity index (χ4n) is 3.61. The molecule has 2 N–H and O–H groups in total. The van der Waals surface area contributed by atoms with E-state index in [-0.39, 0.29) is 51.2 Å². The lowest BCUT2D eigenvalue weighted by atomic mass is 9.81. The van der Waals surface area contributed by atoms with E-state index in [0.29, 0.717) is 5.56 Å². The van der Waals surface area contributed by atoms with E-state index in [4.69, 9.17) is 4.42 Å². The van der Waals surface area contributed by atoms with E-state index in [1.165, 1.54) is 37.3 Å². The highest BCUT2D eigenvalue weighted by atomic mass is 16.4. The first-order valence-electron chi connectivity index (χ1n) is 8.93. The van der Waals surface area contributed by atoms with Gasteiger partial charge < -0.3 is 14.6 Å². The molecule has 3 aromatic rings. The lowest BCUT2D eigenvalue weighted by Crippen LogP contribution is -2.25. The zero-order valence-electron chi connectivity index (χ0n) is 15.6. The van der Waals surface area contributed by atoms with Crippen molar-refractivity contribution in [3.63, 3.8) is 0 Å². The lowest BCUT2D eigenvalue weighted by Gasteiger charge is -2.23. The monoisotopic (exact) mass is 378 g/mol. The van der Waals surface area contributed by atoms with Gasteiger partial charge in [0.25, 0.3) is 0 Å². The average Bonchev–Trinajstić information content (AvgIpc) is 2.65. The molecule has 0 amide bonds.